The second-order valence-corrected chi connectivity index (χ2v) is 7.63. The highest BCUT2D eigenvalue weighted by Crippen LogP contribution is 2.32. The number of hydrogen-bond donors (Lipinski definition) is 0. The molecule has 1 fully saturated rings. The van der Waals surface area contributed by atoms with Gasteiger partial charge in [-0.25, -0.2) is 4.98 Å². The number of pyridine rings is 1. The zero-order valence-corrected chi connectivity index (χ0v) is 16.7. The summed E-state index contributed by atoms with van der Waals surface area (Å²) in [6, 6.07) is 18.3. The smallest absolute Gasteiger partial charge is 0.259 e. The fourth-order valence-electron chi connectivity index (χ4n) is 3.77. The van der Waals surface area contributed by atoms with Crippen molar-refractivity contribution in [3.8, 4) is 22.8 Å². The third-order valence-corrected chi connectivity index (χ3v) is 5.46. The van der Waals surface area contributed by atoms with Gasteiger partial charge in [0.15, 0.2) is 0 Å². The highest BCUT2D eigenvalue weighted by molar-refractivity contribution is 5.94. The van der Waals surface area contributed by atoms with Crippen LogP contribution in [-0.4, -0.2) is 53.3 Å². The maximum absolute atomic E-state index is 5.70. The van der Waals surface area contributed by atoms with E-state index in [1.54, 1.807) is 0 Å². The monoisotopic (exact) mass is 385 g/mol. The second-order valence-electron chi connectivity index (χ2n) is 7.63. The molecule has 1 saturated heterocycles. The Bertz CT molecular complexity index is 1160. The van der Waals surface area contributed by atoms with Gasteiger partial charge in [0.05, 0.1) is 11.1 Å². The first-order valence-electron chi connectivity index (χ1n) is 9.92. The van der Waals surface area contributed by atoms with Crippen LogP contribution in [-0.2, 0) is 0 Å². The van der Waals surface area contributed by atoms with Gasteiger partial charge >= 0.3 is 0 Å². The predicted octanol–water partition coefficient (Wildman–Crippen LogP) is 4.01. The van der Waals surface area contributed by atoms with Gasteiger partial charge in [-0.05, 0) is 32.2 Å². The number of likely N-dealkylation sites (N-methyl/N-ethyl adjacent to an activating group) is 1. The Morgan fingerprint density at radius 1 is 0.897 bits per heavy atom. The molecule has 2 aromatic heterocycles. The van der Waals surface area contributed by atoms with Crippen LogP contribution < -0.4 is 4.90 Å². The number of piperazine rings is 1. The van der Waals surface area contributed by atoms with Crippen molar-refractivity contribution in [2.24, 2.45) is 0 Å². The molecule has 4 aromatic rings. The maximum Gasteiger partial charge on any atom is 0.259 e. The molecule has 0 amide bonds. The van der Waals surface area contributed by atoms with Crippen LogP contribution in [0.5, 0.6) is 0 Å². The summed E-state index contributed by atoms with van der Waals surface area (Å²) in [6.45, 7) is 6.03. The third kappa shape index (κ3) is 3.47. The minimum atomic E-state index is 0.524. The number of aryl methyl sites for hydroxylation is 1. The molecule has 5 rings (SSSR count). The van der Waals surface area contributed by atoms with Gasteiger partial charge in [0, 0.05) is 37.1 Å². The van der Waals surface area contributed by atoms with Crippen molar-refractivity contribution in [3.05, 3.63) is 60.2 Å². The highest BCUT2D eigenvalue weighted by atomic mass is 16.5. The number of aromatic nitrogens is 3. The highest BCUT2D eigenvalue weighted by Gasteiger charge is 2.20. The molecule has 29 heavy (non-hydrogen) atoms. The zero-order chi connectivity index (χ0) is 19.8. The van der Waals surface area contributed by atoms with E-state index in [1.165, 1.54) is 5.56 Å². The zero-order valence-electron chi connectivity index (χ0n) is 16.7. The molecule has 0 radical (unpaired) electrons. The molecule has 1 aliphatic rings. The molecule has 6 nitrogen and oxygen atoms in total. The van der Waals surface area contributed by atoms with E-state index in [2.05, 4.69) is 53.2 Å². The van der Waals surface area contributed by atoms with E-state index in [-0.39, 0.29) is 0 Å². The quantitative estimate of drug-likeness (QED) is 0.531. The fraction of sp³-hybridized carbons (Fsp3) is 0.261. The lowest BCUT2D eigenvalue weighted by molar-refractivity contribution is 0.312. The number of fused-ring (bicyclic) bond motifs is 1. The lowest BCUT2D eigenvalue weighted by Gasteiger charge is -2.33. The van der Waals surface area contributed by atoms with Crippen LogP contribution in [0.1, 0.15) is 5.56 Å². The molecule has 0 spiro atoms. The predicted molar refractivity (Wildman–Crippen MR) is 115 cm³/mol. The number of hydrogen-bond acceptors (Lipinski definition) is 6. The molecule has 0 bridgehead atoms. The van der Waals surface area contributed by atoms with Crippen LogP contribution in [0.25, 0.3) is 33.7 Å². The van der Waals surface area contributed by atoms with E-state index in [0.717, 1.165) is 54.0 Å². The summed E-state index contributed by atoms with van der Waals surface area (Å²) in [5, 5.41) is 5.25. The Morgan fingerprint density at radius 3 is 2.55 bits per heavy atom. The van der Waals surface area contributed by atoms with E-state index in [1.807, 2.05) is 30.3 Å². The van der Waals surface area contributed by atoms with Gasteiger partial charge in [0.1, 0.15) is 5.82 Å². The van der Waals surface area contributed by atoms with Crippen LogP contribution in [0.2, 0.25) is 0 Å². The van der Waals surface area contributed by atoms with Gasteiger partial charge in [0.2, 0.25) is 5.82 Å². The summed E-state index contributed by atoms with van der Waals surface area (Å²) in [7, 11) is 2.15. The van der Waals surface area contributed by atoms with Gasteiger partial charge in [-0.1, -0.05) is 47.1 Å². The van der Waals surface area contributed by atoms with Crippen LogP contribution in [0.4, 0.5) is 5.82 Å². The minimum absolute atomic E-state index is 0.524. The molecule has 1 aliphatic heterocycles. The van der Waals surface area contributed by atoms with E-state index >= 15 is 0 Å². The largest absolute Gasteiger partial charge is 0.354 e. The van der Waals surface area contributed by atoms with Crippen molar-refractivity contribution < 1.29 is 4.52 Å². The lowest BCUT2D eigenvalue weighted by atomic mass is 10.1. The molecule has 0 saturated carbocycles. The number of benzene rings is 2. The van der Waals surface area contributed by atoms with Gasteiger partial charge in [0.25, 0.3) is 5.89 Å². The molecule has 6 heteroatoms. The summed E-state index contributed by atoms with van der Waals surface area (Å²) in [5.41, 5.74) is 3.99. The Morgan fingerprint density at radius 2 is 1.72 bits per heavy atom. The topological polar surface area (TPSA) is 58.3 Å². The summed E-state index contributed by atoms with van der Waals surface area (Å²) < 4.78 is 5.70. The van der Waals surface area contributed by atoms with Gasteiger partial charge in [-0.2, -0.15) is 4.98 Å². The third-order valence-electron chi connectivity index (χ3n) is 5.46. The summed E-state index contributed by atoms with van der Waals surface area (Å²) in [4.78, 5) is 14.3. The van der Waals surface area contributed by atoms with Crippen molar-refractivity contribution in [1.82, 2.24) is 20.0 Å². The van der Waals surface area contributed by atoms with Crippen molar-refractivity contribution in [2.45, 2.75) is 6.92 Å². The van der Waals surface area contributed by atoms with Crippen molar-refractivity contribution in [3.63, 3.8) is 0 Å². The van der Waals surface area contributed by atoms with Crippen LogP contribution >= 0.6 is 0 Å². The molecule has 0 N–H and O–H groups in total. The first-order chi connectivity index (χ1) is 14.2. The molecular weight excluding hydrogens is 362 g/mol. The molecule has 0 atom stereocenters. The average molecular weight is 385 g/mol. The summed E-state index contributed by atoms with van der Waals surface area (Å²) in [5.74, 6) is 2.09. The molecule has 3 heterocycles. The SMILES string of the molecule is Cc1cccc(-c2noc(-c3cc(N4CCN(C)CC4)nc4ccccc34)n2)c1. The summed E-state index contributed by atoms with van der Waals surface area (Å²) >= 11 is 0. The number of rotatable bonds is 3. The molecule has 2 aromatic carbocycles. The first-order valence-corrected chi connectivity index (χ1v) is 9.92. The lowest BCUT2D eigenvalue weighted by Crippen LogP contribution is -2.44. The maximum atomic E-state index is 5.70. The van der Waals surface area contributed by atoms with Crippen LogP contribution in [0.15, 0.2) is 59.1 Å². The van der Waals surface area contributed by atoms with Gasteiger partial charge in [-0.15, -0.1) is 0 Å². The summed E-state index contributed by atoms with van der Waals surface area (Å²) in [6.07, 6.45) is 0. The van der Waals surface area contributed by atoms with Gasteiger partial charge in [-0.3, -0.25) is 0 Å². The molecule has 0 aliphatic carbocycles. The first kappa shape index (κ1) is 17.8. The Kier molecular flexibility index (Phi) is 4.48. The Labute approximate surface area is 169 Å². The molecule has 146 valence electrons. The minimum Gasteiger partial charge on any atom is -0.354 e. The Hall–Kier alpha value is -3.25. The van der Waals surface area contributed by atoms with E-state index < -0.39 is 0 Å². The van der Waals surface area contributed by atoms with Gasteiger partial charge < -0.3 is 14.3 Å². The number of nitrogens with zero attached hydrogens (tertiary/aromatic N) is 5. The standard InChI is InChI=1S/C23H23N5O/c1-16-6-5-7-17(14-16)22-25-23(29-26-22)19-15-21(28-12-10-27(2)11-13-28)24-20-9-4-3-8-18(19)20/h3-9,14-15H,10-13H2,1-2H3. The normalized spacial score (nSPS) is 15.2. The van der Waals surface area contributed by atoms with Crippen molar-refractivity contribution >= 4 is 16.7 Å². The van der Waals surface area contributed by atoms with Crippen molar-refractivity contribution in [1.29, 1.82) is 0 Å². The molecule has 0 unspecified atom stereocenters. The van der Waals surface area contributed by atoms with Crippen molar-refractivity contribution in [2.75, 3.05) is 38.1 Å². The van der Waals surface area contributed by atoms with Crippen LogP contribution in [0, 0.1) is 6.92 Å². The average Bonchev–Trinajstić information content (AvgIpc) is 3.24. The van der Waals surface area contributed by atoms with E-state index in [0.29, 0.717) is 11.7 Å². The number of para-hydroxylation sites is 1. The second kappa shape index (κ2) is 7.29. The number of anilines is 1. The van der Waals surface area contributed by atoms with E-state index in [9.17, 15) is 0 Å². The van der Waals surface area contributed by atoms with Crippen LogP contribution in [0.3, 0.4) is 0 Å². The van der Waals surface area contributed by atoms with E-state index in [4.69, 9.17) is 14.5 Å². The fourth-order valence-corrected chi connectivity index (χ4v) is 3.77. The molecular formula is C23H23N5O. The Balaban J connectivity index is 1.59.